The third kappa shape index (κ3) is 1.72. The summed E-state index contributed by atoms with van der Waals surface area (Å²) in [6, 6.07) is 3.44. The number of amides is 1. The van der Waals surface area contributed by atoms with Crippen molar-refractivity contribution in [1.29, 1.82) is 0 Å². The largest absolute Gasteiger partial charge is 0.307 e. The van der Waals surface area contributed by atoms with Crippen LogP contribution in [0.3, 0.4) is 0 Å². The minimum absolute atomic E-state index is 0.140. The van der Waals surface area contributed by atoms with Gasteiger partial charge in [0.15, 0.2) is 5.84 Å². The van der Waals surface area contributed by atoms with Crippen molar-refractivity contribution in [2.45, 2.75) is 19.4 Å². The van der Waals surface area contributed by atoms with Gasteiger partial charge in [0.25, 0.3) is 5.91 Å². The zero-order chi connectivity index (χ0) is 11.1. The fourth-order valence-corrected chi connectivity index (χ4v) is 1.50. The molecule has 0 radical (unpaired) electrons. The first-order valence-corrected chi connectivity index (χ1v) is 4.91. The Labute approximate surface area is 92.4 Å². The van der Waals surface area contributed by atoms with Crippen LogP contribution >= 0.6 is 11.6 Å². The van der Waals surface area contributed by atoms with Crippen LogP contribution in [-0.4, -0.2) is 22.3 Å². The Balaban J connectivity index is 2.44. The fraction of sp³-hybridized carbons (Fsp3) is 0.300. The Bertz CT molecular complexity index is 454. The van der Waals surface area contributed by atoms with Gasteiger partial charge in [-0.15, -0.1) is 0 Å². The van der Waals surface area contributed by atoms with E-state index in [1.807, 2.05) is 0 Å². The molecule has 5 heteroatoms. The van der Waals surface area contributed by atoms with Gasteiger partial charge >= 0.3 is 0 Å². The van der Waals surface area contributed by atoms with Crippen LogP contribution < -0.4 is 5.32 Å². The molecule has 0 bridgehead atoms. The highest BCUT2D eigenvalue weighted by atomic mass is 35.5. The zero-order valence-corrected chi connectivity index (χ0v) is 9.17. The Hall–Kier alpha value is -1.42. The van der Waals surface area contributed by atoms with E-state index >= 15 is 0 Å². The van der Waals surface area contributed by atoms with Gasteiger partial charge in [-0.05, 0) is 26.0 Å². The third-order valence-electron chi connectivity index (χ3n) is 2.16. The summed E-state index contributed by atoms with van der Waals surface area (Å²) in [6.07, 6.45) is 1.61. The lowest BCUT2D eigenvalue weighted by molar-refractivity contribution is -0.122. The van der Waals surface area contributed by atoms with Crippen molar-refractivity contribution in [2.75, 3.05) is 0 Å². The molecule has 0 saturated carbocycles. The average molecular weight is 224 g/mol. The minimum Gasteiger partial charge on any atom is -0.307 e. The van der Waals surface area contributed by atoms with Gasteiger partial charge in [-0.25, -0.2) is 0 Å². The fourth-order valence-electron chi connectivity index (χ4n) is 1.29. The summed E-state index contributed by atoms with van der Waals surface area (Å²) < 4.78 is 0. The molecule has 78 valence electrons. The normalized spacial score (nSPS) is 18.6. The maximum Gasteiger partial charge on any atom is 0.252 e. The molecule has 0 saturated heterocycles. The number of nitrogens with zero attached hydrogens (tertiary/aromatic N) is 2. The summed E-state index contributed by atoms with van der Waals surface area (Å²) in [7, 11) is 0. The van der Waals surface area contributed by atoms with Crippen LogP contribution in [0.2, 0.25) is 5.02 Å². The highest BCUT2D eigenvalue weighted by Crippen LogP contribution is 2.20. The molecule has 0 aromatic carbocycles. The Morgan fingerprint density at radius 1 is 1.47 bits per heavy atom. The highest BCUT2D eigenvalue weighted by molar-refractivity contribution is 6.34. The van der Waals surface area contributed by atoms with E-state index in [1.54, 1.807) is 32.2 Å². The topological polar surface area (TPSA) is 54.4 Å². The summed E-state index contributed by atoms with van der Waals surface area (Å²) in [6.45, 7) is 3.48. The first-order chi connectivity index (χ1) is 7.00. The summed E-state index contributed by atoms with van der Waals surface area (Å²) in [5.41, 5.74) is -0.228. The van der Waals surface area contributed by atoms with Crippen molar-refractivity contribution in [1.82, 2.24) is 10.3 Å². The second kappa shape index (κ2) is 3.31. The van der Waals surface area contributed by atoms with Crippen molar-refractivity contribution in [3.8, 4) is 0 Å². The third-order valence-corrected chi connectivity index (χ3v) is 2.47. The molecular formula is C10H10ClN3O. The Morgan fingerprint density at radius 2 is 2.20 bits per heavy atom. The number of aliphatic imine (C=N–C) groups is 1. The molecule has 2 rings (SSSR count). The highest BCUT2D eigenvalue weighted by Gasteiger charge is 2.35. The van der Waals surface area contributed by atoms with Crippen LogP contribution in [0.4, 0.5) is 0 Å². The van der Waals surface area contributed by atoms with E-state index in [-0.39, 0.29) is 5.91 Å². The predicted octanol–water partition coefficient (Wildman–Crippen LogP) is 1.39. The monoisotopic (exact) mass is 223 g/mol. The van der Waals surface area contributed by atoms with Gasteiger partial charge in [0, 0.05) is 6.20 Å². The average Bonchev–Trinajstić information content (AvgIpc) is 2.42. The molecule has 0 atom stereocenters. The molecule has 0 unspecified atom stereocenters. The maximum atomic E-state index is 11.5. The van der Waals surface area contributed by atoms with Gasteiger partial charge < -0.3 is 5.32 Å². The summed E-state index contributed by atoms with van der Waals surface area (Å²) in [4.78, 5) is 19.8. The second-order valence-corrected chi connectivity index (χ2v) is 4.21. The second-order valence-electron chi connectivity index (χ2n) is 3.81. The molecule has 15 heavy (non-hydrogen) atoms. The molecule has 0 fully saturated rings. The van der Waals surface area contributed by atoms with Crippen LogP contribution in [0.1, 0.15) is 19.5 Å². The Morgan fingerprint density at radius 3 is 2.73 bits per heavy atom. The van der Waals surface area contributed by atoms with E-state index in [0.717, 1.165) is 0 Å². The molecule has 1 aromatic rings. The number of carbonyl (C=O) groups is 1. The van der Waals surface area contributed by atoms with Gasteiger partial charge in [-0.3, -0.25) is 14.8 Å². The number of aromatic nitrogens is 1. The molecule has 1 amide bonds. The summed E-state index contributed by atoms with van der Waals surface area (Å²) >= 11 is 5.95. The molecule has 0 aliphatic carbocycles. The lowest BCUT2D eigenvalue weighted by Crippen LogP contribution is -2.34. The lowest BCUT2D eigenvalue weighted by atomic mass is 10.1. The van der Waals surface area contributed by atoms with Gasteiger partial charge in [0.05, 0.1) is 5.02 Å². The van der Waals surface area contributed by atoms with Crippen LogP contribution in [0.15, 0.2) is 23.3 Å². The number of nitrogens with one attached hydrogen (secondary N) is 1. The predicted molar refractivity (Wildman–Crippen MR) is 58.0 cm³/mol. The van der Waals surface area contributed by atoms with Gasteiger partial charge in [-0.2, -0.15) is 0 Å². The molecule has 0 spiro atoms. The number of halogens is 1. The zero-order valence-electron chi connectivity index (χ0n) is 8.41. The van der Waals surface area contributed by atoms with Crippen molar-refractivity contribution >= 4 is 23.3 Å². The minimum atomic E-state index is -0.740. The van der Waals surface area contributed by atoms with E-state index in [2.05, 4.69) is 15.3 Å². The Kier molecular flexibility index (Phi) is 2.23. The van der Waals surface area contributed by atoms with Gasteiger partial charge in [0.2, 0.25) is 0 Å². The standard InChI is InChI=1S/C10H10ClN3O/c1-10(2)9(15)13-8(14-10)7-6(11)4-3-5-12-7/h3-5H,1-2H3,(H,13,14,15). The van der Waals surface area contributed by atoms with E-state index < -0.39 is 5.54 Å². The van der Waals surface area contributed by atoms with Crippen molar-refractivity contribution in [2.24, 2.45) is 4.99 Å². The maximum absolute atomic E-state index is 11.5. The van der Waals surface area contributed by atoms with E-state index in [0.29, 0.717) is 16.6 Å². The number of rotatable bonds is 1. The molecular weight excluding hydrogens is 214 g/mol. The quantitative estimate of drug-likeness (QED) is 0.782. The van der Waals surface area contributed by atoms with E-state index in [9.17, 15) is 4.79 Å². The van der Waals surface area contributed by atoms with Gasteiger partial charge in [-0.1, -0.05) is 11.6 Å². The van der Waals surface area contributed by atoms with Crippen molar-refractivity contribution in [3.63, 3.8) is 0 Å². The van der Waals surface area contributed by atoms with E-state index in [1.165, 1.54) is 0 Å². The van der Waals surface area contributed by atoms with E-state index in [4.69, 9.17) is 11.6 Å². The van der Waals surface area contributed by atoms with Crippen LogP contribution in [0.5, 0.6) is 0 Å². The van der Waals surface area contributed by atoms with Crippen molar-refractivity contribution in [3.05, 3.63) is 29.0 Å². The SMILES string of the molecule is CC1(C)N=C(c2ncccc2Cl)NC1=O. The lowest BCUT2D eigenvalue weighted by Gasteiger charge is -2.07. The number of pyridine rings is 1. The number of hydrogen-bond donors (Lipinski definition) is 1. The van der Waals surface area contributed by atoms with Crippen LogP contribution in [0.25, 0.3) is 0 Å². The number of hydrogen-bond acceptors (Lipinski definition) is 3. The molecule has 2 heterocycles. The first-order valence-electron chi connectivity index (χ1n) is 4.53. The number of amidine groups is 1. The van der Waals surface area contributed by atoms with Crippen LogP contribution in [0, 0.1) is 0 Å². The molecule has 1 N–H and O–H groups in total. The molecule has 1 aliphatic rings. The molecule has 1 aromatic heterocycles. The van der Waals surface area contributed by atoms with Gasteiger partial charge in [0.1, 0.15) is 11.2 Å². The summed E-state index contributed by atoms with van der Waals surface area (Å²) in [5, 5.41) is 3.15. The van der Waals surface area contributed by atoms with Crippen molar-refractivity contribution < 1.29 is 4.79 Å². The summed E-state index contributed by atoms with van der Waals surface area (Å²) in [5.74, 6) is 0.301. The smallest absolute Gasteiger partial charge is 0.252 e. The first kappa shape index (κ1) is 10.1. The van der Waals surface area contributed by atoms with Crippen LogP contribution in [-0.2, 0) is 4.79 Å². The molecule has 1 aliphatic heterocycles. The number of carbonyl (C=O) groups excluding carboxylic acids is 1. The molecule has 4 nitrogen and oxygen atoms in total.